The number of aliphatic hydroxyl groups is 1. The lowest BCUT2D eigenvalue weighted by atomic mass is 10.0. The van der Waals surface area contributed by atoms with Crippen molar-refractivity contribution in [1.29, 1.82) is 0 Å². The Hall–Kier alpha value is -2.17. The van der Waals surface area contributed by atoms with E-state index >= 15 is 0 Å². The molecule has 104 valence electrons. The van der Waals surface area contributed by atoms with Crippen LogP contribution >= 0.6 is 0 Å². The first-order valence-corrected chi connectivity index (χ1v) is 6.15. The molecule has 4 heteroatoms. The van der Waals surface area contributed by atoms with Crippen molar-refractivity contribution in [3.8, 4) is 11.1 Å². The van der Waals surface area contributed by atoms with Gasteiger partial charge in [-0.15, -0.1) is 0 Å². The van der Waals surface area contributed by atoms with Crippen LogP contribution in [0.3, 0.4) is 0 Å². The molecule has 1 atom stereocenters. The number of hydrogen-bond acceptors (Lipinski definition) is 4. The van der Waals surface area contributed by atoms with Crippen LogP contribution in [0.4, 0.5) is 0 Å². The Kier molecular flexibility index (Phi) is 4.50. The smallest absolute Gasteiger partial charge is 0.337 e. The van der Waals surface area contributed by atoms with Gasteiger partial charge in [0, 0.05) is 12.7 Å². The van der Waals surface area contributed by atoms with E-state index in [-0.39, 0.29) is 5.97 Å². The van der Waals surface area contributed by atoms with Gasteiger partial charge in [-0.25, -0.2) is 4.79 Å². The molecule has 0 saturated carbocycles. The highest BCUT2D eigenvalue weighted by molar-refractivity contribution is 5.89. The van der Waals surface area contributed by atoms with Gasteiger partial charge in [-0.2, -0.15) is 0 Å². The van der Waals surface area contributed by atoms with Crippen molar-refractivity contribution in [3.05, 3.63) is 59.7 Å². The van der Waals surface area contributed by atoms with Gasteiger partial charge in [0.05, 0.1) is 12.7 Å². The largest absolute Gasteiger partial charge is 0.465 e. The lowest BCUT2D eigenvalue weighted by Gasteiger charge is -2.09. The summed E-state index contributed by atoms with van der Waals surface area (Å²) < 4.78 is 9.50. The summed E-state index contributed by atoms with van der Waals surface area (Å²) in [5.41, 5.74) is 3.19. The first-order valence-electron chi connectivity index (χ1n) is 6.15. The number of rotatable bonds is 4. The molecule has 1 unspecified atom stereocenters. The zero-order chi connectivity index (χ0) is 14.5. The molecule has 2 aromatic carbocycles. The second kappa shape index (κ2) is 6.32. The van der Waals surface area contributed by atoms with Crippen LogP contribution in [-0.4, -0.2) is 25.3 Å². The molecule has 0 saturated heterocycles. The summed E-state index contributed by atoms with van der Waals surface area (Å²) in [6.45, 7) is 0. The predicted molar refractivity (Wildman–Crippen MR) is 75.2 cm³/mol. The van der Waals surface area contributed by atoms with E-state index in [1.165, 1.54) is 14.2 Å². The monoisotopic (exact) mass is 272 g/mol. The number of carbonyl (C=O) groups is 1. The molecule has 0 heterocycles. The van der Waals surface area contributed by atoms with Crippen LogP contribution in [0.2, 0.25) is 0 Å². The normalized spacial score (nSPS) is 11.9. The Morgan fingerprint density at radius 3 is 1.90 bits per heavy atom. The maximum atomic E-state index is 11.4. The zero-order valence-electron chi connectivity index (χ0n) is 11.4. The highest BCUT2D eigenvalue weighted by Crippen LogP contribution is 2.22. The maximum absolute atomic E-state index is 11.4. The van der Waals surface area contributed by atoms with E-state index in [4.69, 9.17) is 4.74 Å². The molecule has 1 N–H and O–H groups in total. The third-order valence-electron chi connectivity index (χ3n) is 3.06. The van der Waals surface area contributed by atoms with Crippen molar-refractivity contribution >= 4 is 5.97 Å². The SMILES string of the molecule is COC(=O)c1ccc(-c2ccc(C(O)OC)cc2)cc1. The van der Waals surface area contributed by atoms with Gasteiger partial charge >= 0.3 is 5.97 Å². The number of esters is 1. The number of benzene rings is 2. The molecule has 0 bridgehead atoms. The summed E-state index contributed by atoms with van der Waals surface area (Å²) in [5, 5.41) is 9.54. The number of hydrogen-bond donors (Lipinski definition) is 1. The van der Waals surface area contributed by atoms with Crippen LogP contribution in [0.25, 0.3) is 11.1 Å². The van der Waals surface area contributed by atoms with E-state index in [0.717, 1.165) is 11.1 Å². The van der Waals surface area contributed by atoms with Crippen molar-refractivity contribution in [3.63, 3.8) is 0 Å². The Morgan fingerprint density at radius 2 is 1.45 bits per heavy atom. The molecule has 2 aromatic rings. The number of carbonyl (C=O) groups excluding carboxylic acids is 1. The summed E-state index contributed by atoms with van der Waals surface area (Å²) in [7, 11) is 2.81. The maximum Gasteiger partial charge on any atom is 0.337 e. The fourth-order valence-corrected chi connectivity index (χ4v) is 1.89. The second-order valence-electron chi connectivity index (χ2n) is 4.28. The van der Waals surface area contributed by atoms with Crippen LogP contribution in [0, 0.1) is 0 Å². The van der Waals surface area contributed by atoms with Gasteiger partial charge in [0.1, 0.15) is 0 Å². The first kappa shape index (κ1) is 14.2. The number of aliphatic hydroxyl groups excluding tert-OH is 1. The van der Waals surface area contributed by atoms with Gasteiger partial charge in [0.15, 0.2) is 6.29 Å². The summed E-state index contributed by atoms with van der Waals surface area (Å²) >= 11 is 0. The molecule has 0 amide bonds. The molecular weight excluding hydrogens is 256 g/mol. The lowest BCUT2D eigenvalue weighted by molar-refractivity contribution is -0.0769. The van der Waals surface area contributed by atoms with Crippen LogP contribution in [0.5, 0.6) is 0 Å². The molecule has 0 aliphatic heterocycles. The topological polar surface area (TPSA) is 55.8 Å². The van der Waals surface area contributed by atoms with Crippen LogP contribution in [0.15, 0.2) is 48.5 Å². The first-order chi connectivity index (χ1) is 9.65. The molecule has 20 heavy (non-hydrogen) atoms. The van der Waals surface area contributed by atoms with E-state index in [1.807, 2.05) is 24.3 Å². The molecule has 0 aliphatic rings. The van der Waals surface area contributed by atoms with E-state index < -0.39 is 6.29 Å². The quantitative estimate of drug-likeness (QED) is 0.687. The minimum absolute atomic E-state index is 0.352. The Labute approximate surface area is 117 Å². The lowest BCUT2D eigenvalue weighted by Crippen LogP contribution is -2.00. The van der Waals surface area contributed by atoms with E-state index in [9.17, 15) is 9.90 Å². The summed E-state index contributed by atoms with van der Waals surface area (Å²) in [5.74, 6) is -0.352. The molecule has 4 nitrogen and oxygen atoms in total. The Morgan fingerprint density at radius 1 is 0.950 bits per heavy atom. The Balaban J connectivity index is 2.21. The van der Waals surface area contributed by atoms with Gasteiger partial charge in [-0.3, -0.25) is 0 Å². The third-order valence-corrected chi connectivity index (χ3v) is 3.06. The Bertz CT molecular complexity index is 572. The molecule has 2 rings (SSSR count). The third kappa shape index (κ3) is 3.04. The minimum Gasteiger partial charge on any atom is -0.465 e. The van der Waals surface area contributed by atoms with Gasteiger partial charge in [-0.1, -0.05) is 36.4 Å². The van der Waals surface area contributed by atoms with Gasteiger partial charge in [0.25, 0.3) is 0 Å². The molecule has 0 spiro atoms. The summed E-state index contributed by atoms with van der Waals surface area (Å²) in [6.07, 6.45) is -0.911. The minimum atomic E-state index is -0.911. The average molecular weight is 272 g/mol. The summed E-state index contributed by atoms with van der Waals surface area (Å²) in [6, 6.07) is 14.5. The molecule has 0 aromatic heterocycles. The van der Waals surface area contributed by atoms with E-state index in [1.54, 1.807) is 24.3 Å². The standard InChI is InChI=1S/C16H16O4/c1-19-15(17)13-7-3-11(4-8-13)12-5-9-14(10-6-12)16(18)20-2/h3-10,15,17H,1-2H3. The van der Waals surface area contributed by atoms with Crippen molar-refractivity contribution < 1.29 is 19.4 Å². The van der Waals surface area contributed by atoms with E-state index in [0.29, 0.717) is 11.1 Å². The molecule has 0 aliphatic carbocycles. The number of methoxy groups -OCH3 is 2. The van der Waals surface area contributed by atoms with Crippen molar-refractivity contribution in [2.24, 2.45) is 0 Å². The van der Waals surface area contributed by atoms with Gasteiger partial charge in [0.2, 0.25) is 0 Å². The zero-order valence-corrected chi connectivity index (χ0v) is 11.4. The van der Waals surface area contributed by atoms with Gasteiger partial charge in [-0.05, 0) is 23.3 Å². The average Bonchev–Trinajstić information content (AvgIpc) is 2.53. The van der Waals surface area contributed by atoms with E-state index in [2.05, 4.69) is 4.74 Å². The molecule has 0 fully saturated rings. The fourth-order valence-electron chi connectivity index (χ4n) is 1.89. The van der Waals surface area contributed by atoms with Crippen molar-refractivity contribution in [1.82, 2.24) is 0 Å². The molecular formula is C16H16O4. The number of ether oxygens (including phenoxy) is 2. The molecule has 0 radical (unpaired) electrons. The highest BCUT2D eigenvalue weighted by atomic mass is 16.6. The highest BCUT2D eigenvalue weighted by Gasteiger charge is 2.07. The van der Waals surface area contributed by atoms with Crippen LogP contribution in [-0.2, 0) is 9.47 Å². The van der Waals surface area contributed by atoms with Crippen LogP contribution < -0.4 is 0 Å². The summed E-state index contributed by atoms with van der Waals surface area (Å²) in [4.78, 5) is 11.4. The fraction of sp³-hybridized carbons (Fsp3) is 0.188. The van der Waals surface area contributed by atoms with Gasteiger partial charge < -0.3 is 14.6 Å². The predicted octanol–water partition coefficient (Wildman–Crippen LogP) is 2.78. The second-order valence-corrected chi connectivity index (χ2v) is 4.28. The van der Waals surface area contributed by atoms with Crippen molar-refractivity contribution in [2.45, 2.75) is 6.29 Å². The van der Waals surface area contributed by atoms with Crippen LogP contribution in [0.1, 0.15) is 22.2 Å². The van der Waals surface area contributed by atoms with Crippen molar-refractivity contribution in [2.75, 3.05) is 14.2 Å².